The average molecular weight is 536 g/mol. The fourth-order valence-corrected chi connectivity index (χ4v) is 4.35. The quantitative estimate of drug-likeness (QED) is 0.338. The molecule has 1 atom stereocenters. The fraction of sp³-hybridized carbons (Fsp3) is 0.522. The topological polar surface area (TPSA) is 74.6 Å². The molecule has 2 aromatic rings. The molecule has 2 aliphatic rings. The van der Waals surface area contributed by atoms with Gasteiger partial charge >= 0.3 is 0 Å². The average Bonchev–Trinajstić information content (AvgIpc) is 3.54. The van der Waals surface area contributed by atoms with E-state index >= 15 is 0 Å². The predicted octanol–water partition coefficient (Wildman–Crippen LogP) is 3.34. The molecule has 0 bridgehead atoms. The monoisotopic (exact) mass is 536 g/mol. The molecule has 2 N–H and O–H groups in total. The minimum atomic E-state index is 0. The van der Waals surface area contributed by atoms with E-state index in [0.29, 0.717) is 12.5 Å². The third-order valence-electron chi connectivity index (χ3n) is 5.95. The zero-order chi connectivity index (χ0) is 20.8. The Morgan fingerprint density at radius 3 is 2.68 bits per heavy atom. The Kier molecular flexibility index (Phi) is 8.74. The highest BCUT2D eigenvalue weighted by atomic mass is 127. The number of benzene rings is 1. The van der Waals surface area contributed by atoms with Crippen LogP contribution in [0.5, 0.6) is 0 Å². The summed E-state index contributed by atoms with van der Waals surface area (Å²) in [5.41, 5.74) is 1.95. The van der Waals surface area contributed by atoms with Crippen molar-refractivity contribution in [2.75, 3.05) is 19.6 Å². The van der Waals surface area contributed by atoms with E-state index in [-0.39, 0.29) is 35.9 Å². The van der Waals surface area contributed by atoms with E-state index in [0.717, 1.165) is 56.2 Å². The van der Waals surface area contributed by atoms with Crippen LogP contribution in [-0.4, -0.2) is 52.2 Å². The summed E-state index contributed by atoms with van der Waals surface area (Å²) in [6.07, 6.45) is 7.45. The minimum Gasteiger partial charge on any atom is -0.357 e. The Morgan fingerprint density at radius 2 is 1.94 bits per heavy atom. The largest absolute Gasteiger partial charge is 0.357 e. The molecule has 1 aromatic heterocycles. The number of amides is 1. The van der Waals surface area contributed by atoms with Gasteiger partial charge in [0.25, 0.3) is 0 Å². The maximum Gasteiger partial charge on any atom is 0.225 e. The normalized spacial score (nSPS) is 19.3. The van der Waals surface area contributed by atoms with Crippen LogP contribution < -0.4 is 10.6 Å². The van der Waals surface area contributed by atoms with Gasteiger partial charge in [-0.1, -0.05) is 31.0 Å². The van der Waals surface area contributed by atoms with E-state index in [1.54, 1.807) is 0 Å². The lowest BCUT2D eigenvalue weighted by Gasteiger charge is -2.21. The minimum absolute atomic E-state index is 0. The summed E-state index contributed by atoms with van der Waals surface area (Å²) in [7, 11) is 0. The van der Waals surface area contributed by atoms with Gasteiger partial charge in [0.2, 0.25) is 5.91 Å². The summed E-state index contributed by atoms with van der Waals surface area (Å²) in [4.78, 5) is 19.4. The summed E-state index contributed by atoms with van der Waals surface area (Å²) in [5.74, 6) is 1.39. The van der Waals surface area contributed by atoms with Crippen LogP contribution in [0.4, 0.5) is 0 Å². The van der Waals surface area contributed by atoms with Crippen molar-refractivity contribution in [1.29, 1.82) is 0 Å². The highest BCUT2D eigenvalue weighted by molar-refractivity contribution is 14.0. The number of likely N-dealkylation sites (tertiary alicyclic amines) is 1. The number of hydrogen-bond acceptors (Lipinski definition) is 3. The second-order valence-electron chi connectivity index (χ2n) is 8.18. The van der Waals surface area contributed by atoms with Gasteiger partial charge in [-0.15, -0.1) is 24.0 Å². The molecule has 1 unspecified atom stereocenters. The van der Waals surface area contributed by atoms with E-state index in [9.17, 15) is 4.79 Å². The van der Waals surface area contributed by atoms with Crippen molar-refractivity contribution in [3.8, 4) is 5.69 Å². The zero-order valence-corrected chi connectivity index (χ0v) is 20.5. The van der Waals surface area contributed by atoms with E-state index in [1.807, 2.05) is 52.2 Å². The van der Waals surface area contributed by atoms with Crippen molar-refractivity contribution in [3.63, 3.8) is 0 Å². The van der Waals surface area contributed by atoms with Crippen molar-refractivity contribution < 1.29 is 4.79 Å². The number of nitrogens with one attached hydrogen (secondary N) is 2. The van der Waals surface area contributed by atoms with Crippen molar-refractivity contribution in [3.05, 3.63) is 48.3 Å². The van der Waals surface area contributed by atoms with Gasteiger partial charge in [0.05, 0.1) is 17.9 Å². The molecule has 1 amide bonds. The summed E-state index contributed by atoms with van der Waals surface area (Å²) < 4.78 is 1.87. The van der Waals surface area contributed by atoms with Crippen molar-refractivity contribution >= 4 is 35.8 Å². The molecule has 2 fully saturated rings. The molecular formula is C23H33IN6O. The van der Waals surface area contributed by atoms with Crippen molar-refractivity contribution in [2.24, 2.45) is 10.9 Å². The van der Waals surface area contributed by atoms with Crippen LogP contribution in [0.1, 0.15) is 44.7 Å². The molecule has 1 saturated heterocycles. The first-order chi connectivity index (χ1) is 14.7. The van der Waals surface area contributed by atoms with Crippen LogP contribution in [0.3, 0.4) is 0 Å². The molecule has 1 saturated carbocycles. The number of nitrogens with zero attached hydrogens (tertiary/aromatic N) is 4. The van der Waals surface area contributed by atoms with Gasteiger partial charge in [0, 0.05) is 37.8 Å². The van der Waals surface area contributed by atoms with Crippen molar-refractivity contribution in [1.82, 2.24) is 25.3 Å². The zero-order valence-electron chi connectivity index (χ0n) is 18.2. The van der Waals surface area contributed by atoms with Crippen LogP contribution in [0.25, 0.3) is 5.69 Å². The molecule has 8 heteroatoms. The van der Waals surface area contributed by atoms with Crippen molar-refractivity contribution in [2.45, 2.75) is 51.6 Å². The molecule has 1 aromatic carbocycles. The van der Waals surface area contributed by atoms with Crippen LogP contribution in [-0.2, 0) is 11.3 Å². The lowest BCUT2D eigenvalue weighted by atomic mass is 10.1. The lowest BCUT2D eigenvalue weighted by Crippen LogP contribution is -2.45. The first-order valence-electron chi connectivity index (χ1n) is 11.2. The molecular weight excluding hydrogens is 503 g/mol. The van der Waals surface area contributed by atoms with Crippen LogP contribution >= 0.6 is 24.0 Å². The molecule has 0 spiro atoms. The summed E-state index contributed by atoms with van der Waals surface area (Å²) in [6, 6.07) is 12.3. The van der Waals surface area contributed by atoms with Crippen LogP contribution in [0.15, 0.2) is 47.6 Å². The lowest BCUT2D eigenvalue weighted by molar-refractivity contribution is -0.134. The summed E-state index contributed by atoms with van der Waals surface area (Å²) in [6.45, 7) is 4.97. The molecule has 2 heterocycles. The molecule has 168 valence electrons. The predicted molar refractivity (Wildman–Crippen MR) is 134 cm³/mol. The Labute approximate surface area is 201 Å². The number of rotatable bonds is 6. The van der Waals surface area contributed by atoms with Gasteiger partial charge in [-0.2, -0.15) is 5.10 Å². The first-order valence-corrected chi connectivity index (χ1v) is 11.2. The van der Waals surface area contributed by atoms with E-state index in [4.69, 9.17) is 4.99 Å². The number of aromatic nitrogens is 2. The van der Waals surface area contributed by atoms with Gasteiger partial charge in [0.1, 0.15) is 0 Å². The van der Waals surface area contributed by atoms with Gasteiger partial charge in [-0.3, -0.25) is 4.79 Å². The second kappa shape index (κ2) is 11.5. The first kappa shape index (κ1) is 23.6. The van der Waals surface area contributed by atoms with Crippen LogP contribution in [0, 0.1) is 5.92 Å². The number of carbonyl (C=O) groups is 1. The Hall–Kier alpha value is -2.10. The number of para-hydroxylation sites is 1. The Morgan fingerprint density at radius 1 is 1.16 bits per heavy atom. The van der Waals surface area contributed by atoms with E-state index in [2.05, 4.69) is 22.7 Å². The SMILES string of the molecule is CCNC(=NCc1ccn(-c2ccccc2)n1)NC1CCN(C(=O)C2CCCC2)C1.I. The molecule has 1 aliphatic heterocycles. The van der Waals surface area contributed by atoms with E-state index < -0.39 is 0 Å². The fourth-order valence-electron chi connectivity index (χ4n) is 4.35. The smallest absolute Gasteiger partial charge is 0.225 e. The third-order valence-corrected chi connectivity index (χ3v) is 5.95. The van der Waals surface area contributed by atoms with Crippen LogP contribution in [0.2, 0.25) is 0 Å². The van der Waals surface area contributed by atoms with Gasteiger partial charge in [-0.05, 0) is 44.4 Å². The standard InChI is InChI=1S/C23H32N6O.HI/c1-2-24-23(25-16-19-13-15-29(27-19)21-10-4-3-5-11-21)26-20-12-14-28(17-20)22(30)18-8-6-7-9-18;/h3-5,10-11,13,15,18,20H,2,6-9,12,14,16-17H2,1H3,(H2,24,25,26);1H. The number of carbonyl (C=O) groups excluding carboxylic acids is 1. The molecule has 0 radical (unpaired) electrons. The maximum atomic E-state index is 12.7. The third kappa shape index (κ3) is 6.21. The van der Waals surface area contributed by atoms with E-state index in [1.165, 1.54) is 12.8 Å². The molecule has 7 nitrogen and oxygen atoms in total. The maximum absolute atomic E-state index is 12.7. The molecule has 1 aliphatic carbocycles. The highest BCUT2D eigenvalue weighted by Gasteiger charge is 2.32. The van der Waals surface area contributed by atoms with Gasteiger partial charge < -0.3 is 15.5 Å². The second-order valence-corrected chi connectivity index (χ2v) is 8.18. The van der Waals surface area contributed by atoms with Gasteiger partial charge in [-0.25, -0.2) is 9.67 Å². The number of aliphatic imine (C=N–C) groups is 1. The highest BCUT2D eigenvalue weighted by Crippen LogP contribution is 2.27. The number of hydrogen-bond donors (Lipinski definition) is 2. The molecule has 31 heavy (non-hydrogen) atoms. The van der Waals surface area contributed by atoms with Gasteiger partial charge in [0.15, 0.2) is 5.96 Å². The summed E-state index contributed by atoms with van der Waals surface area (Å²) >= 11 is 0. The Bertz CT molecular complexity index is 862. The summed E-state index contributed by atoms with van der Waals surface area (Å²) in [5, 5.41) is 11.5. The molecule has 4 rings (SSSR count). The Balaban J connectivity index is 0.00000272. The number of guanidine groups is 1. The number of halogens is 1.